The second-order valence-electron chi connectivity index (χ2n) is 4.34. The highest BCUT2D eigenvalue weighted by Gasteiger charge is 2.11. The topological polar surface area (TPSA) is 30.5 Å². The Kier molecular flexibility index (Phi) is 7.46. The van der Waals surface area contributed by atoms with E-state index in [-0.39, 0.29) is 0 Å². The summed E-state index contributed by atoms with van der Waals surface area (Å²) in [6.45, 7) is 3.73. The van der Waals surface area contributed by atoms with Gasteiger partial charge >= 0.3 is 0 Å². The Morgan fingerprint density at radius 1 is 1.17 bits per heavy atom. The lowest BCUT2D eigenvalue weighted by molar-refractivity contribution is 0.184. The molecule has 0 fully saturated rings. The van der Waals surface area contributed by atoms with Crippen LogP contribution >= 0.6 is 0 Å². The van der Waals surface area contributed by atoms with Gasteiger partial charge in [-0.3, -0.25) is 0 Å². The van der Waals surface area contributed by atoms with E-state index in [0.29, 0.717) is 6.04 Å². The molecule has 0 aliphatic rings. The fourth-order valence-electron chi connectivity index (χ4n) is 2.01. The number of benzene rings is 1. The molecular formula is C15H25NO2. The molecule has 3 heteroatoms. The van der Waals surface area contributed by atoms with E-state index in [1.54, 1.807) is 7.11 Å². The average molecular weight is 251 g/mol. The molecule has 18 heavy (non-hydrogen) atoms. The lowest BCUT2D eigenvalue weighted by Gasteiger charge is -2.18. The molecule has 102 valence electrons. The van der Waals surface area contributed by atoms with Gasteiger partial charge < -0.3 is 14.8 Å². The highest BCUT2D eigenvalue weighted by atomic mass is 16.5. The van der Waals surface area contributed by atoms with Crippen LogP contribution in [0.3, 0.4) is 0 Å². The summed E-state index contributed by atoms with van der Waals surface area (Å²) in [7, 11) is 3.72. The summed E-state index contributed by atoms with van der Waals surface area (Å²) in [6.07, 6.45) is 3.13. The zero-order valence-electron chi connectivity index (χ0n) is 11.7. The summed E-state index contributed by atoms with van der Waals surface area (Å²) in [6, 6.07) is 8.63. The highest BCUT2D eigenvalue weighted by molar-refractivity contribution is 5.35. The minimum Gasteiger partial charge on any atom is -0.493 e. The van der Waals surface area contributed by atoms with Crippen LogP contribution in [0.15, 0.2) is 24.3 Å². The molecule has 1 aromatic carbocycles. The fourth-order valence-corrected chi connectivity index (χ4v) is 2.01. The first-order chi connectivity index (χ1) is 8.83. The number of rotatable bonds is 9. The standard InChI is InChI=1S/C15H25NO2/c1-4-14(16-2)13-9-5-6-10-15(13)18-12-8-7-11-17-3/h5-6,9-10,14,16H,4,7-8,11-12H2,1-3H3. The van der Waals surface area contributed by atoms with Crippen molar-refractivity contribution in [1.29, 1.82) is 0 Å². The Morgan fingerprint density at radius 3 is 2.56 bits per heavy atom. The molecule has 0 aliphatic carbocycles. The van der Waals surface area contributed by atoms with E-state index in [1.807, 2.05) is 19.2 Å². The van der Waals surface area contributed by atoms with Gasteiger partial charge in [-0.25, -0.2) is 0 Å². The normalized spacial score (nSPS) is 12.4. The van der Waals surface area contributed by atoms with Crippen LogP contribution < -0.4 is 10.1 Å². The third kappa shape index (κ3) is 4.67. The van der Waals surface area contributed by atoms with Crippen molar-refractivity contribution in [3.63, 3.8) is 0 Å². The number of hydrogen-bond acceptors (Lipinski definition) is 3. The van der Waals surface area contributed by atoms with Crippen molar-refractivity contribution in [1.82, 2.24) is 5.32 Å². The Morgan fingerprint density at radius 2 is 1.89 bits per heavy atom. The third-order valence-electron chi connectivity index (χ3n) is 3.05. The van der Waals surface area contributed by atoms with E-state index in [9.17, 15) is 0 Å². The first kappa shape index (κ1) is 15.0. The van der Waals surface area contributed by atoms with Gasteiger partial charge in [0.05, 0.1) is 6.61 Å². The first-order valence-corrected chi connectivity index (χ1v) is 6.71. The lowest BCUT2D eigenvalue weighted by Crippen LogP contribution is -2.16. The maximum absolute atomic E-state index is 5.87. The Bertz CT molecular complexity index is 324. The Labute approximate surface area is 110 Å². The van der Waals surface area contributed by atoms with Gasteiger partial charge in [-0.2, -0.15) is 0 Å². The van der Waals surface area contributed by atoms with E-state index >= 15 is 0 Å². The molecule has 0 saturated heterocycles. The summed E-state index contributed by atoms with van der Waals surface area (Å²) in [5, 5.41) is 3.32. The number of ether oxygens (including phenoxy) is 2. The molecule has 0 spiro atoms. The van der Waals surface area contributed by atoms with Gasteiger partial charge in [0, 0.05) is 25.3 Å². The van der Waals surface area contributed by atoms with Gasteiger partial charge in [-0.05, 0) is 32.4 Å². The van der Waals surface area contributed by atoms with Gasteiger partial charge in [0.1, 0.15) is 5.75 Å². The van der Waals surface area contributed by atoms with Gasteiger partial charge in [-0.1, -0.05) is 25.1 Å². The molecule has 0 aliphatic heterocycles. The zero-order valence-corrected chi connectivity index (χ0v) is 11.7. The minimum absolute atomic E-state index is 0.361. The largest absolute Gasteiger partial charge is 0.493 e. The van der Waals surface area contributed by atoms with Gasteiger partial charge in [0.15, 0.2) is 0 Å². The van der Waals surface area contributed by atoms with Crippen LogP contribution in [0.1, 0.15) is 37.8 Å². The highest BCUT2D eigenvalue weighted by Crippen LogP contribution is 2.26. The van der Waals surface area contributed by atoms with Crippen LogP contribution in [0.5, 0.6) is 5.75 Å². The van der Waals surface area contributed by atoms with E-state index in [1.165, 1.54) is 5.56 Å². The zero-order chi connectivity index (χ0) is 13.2. The summed E-state index contributed by atoms with van der Waals surface area (Å²) >= 11 is 0. The molecule has 0 saturated carbocycles. The summed E-state index contributed by atoms with van der Waals surface area (Å²) in [4.78, 5) is 0. The van der Waals surface area contributed by atoms with Crippen molar-refractivity contribution in [2.75, 3.05) is 27.4 Å². The molecule has 0 aromatic heterocycles. The van der Waals surface area contributed by atoms with Crippen molar-refractivity contribution in [2.45, 2.75) is 32.2 Å². The number of unbranched alkanes of at least 4 members (excludes halogenated alkanes) is 1. The van der Waals surface area contributed by atoms with Crippen LogP contribution in [0.2, 0.25) is 0 Å². The summed E-state index contributed by atoms with van der Waals surface area (Å²) in [5.74, 6) is 0.996. The second kappa shape index (κ2) is 8.95. The Hall–Kier alpha value is -1.06. The average Bonchev–Trinajstić information content (AvgIpc) is 2.41. The van der Waals surface area contributed by atoms with Gasteiger partial charge in [0.25, 0.3) is 0 Å². The quantitative estimate of drug-likeness (QED) is 0.684. The predicted molar refractivity (Wildman–Crippen MR) is 75.1 cm³/mol. The van der Waals surface area contributed by atoms with Gasteiger partial charge in [0.2, 0.25) is 0 Å². The molecule has 0 radical (unpaired) electrons. The molecule has 3 nitrogen and oxygen atoms in total. The molecule has 0 heterocycles. The van der Waals surface area contributed by atoms with E-state index in [4.69, 9.17) is 9.47 Å². The van der Waals surface area contributed by atoms with Crippen molar-refractivity contribution in [3.8, 4) is 5.75 Å². The molecule has 1 rings (SSSR count). The second-order valence-corrected chi connectivity index (χ2v) is 4.34. The molecule has 0 amide bonds. The summed E-state index contributed by atoms with van der Waals surface area (Å²) in [5.41, 5.74) is 1.24. The van der Waals surface area contributed by atoms with Crippen molar-refractivity contribution >= 4 is 0 Å². The molecule has 1 aromatic rings. The van der Waals surface area contributed by atoms with Gasteiger partial charge in [-0.15, -0.1) is 0 Å². The van der Waals surface area contributed by atoms with E-state index in [0.717, 1.165) is 38.2 Å². The van der Waals surface area contributed by atoms with E-state index in [2.05, 4.69) is 24.4 Å². The van der Waals surface area contributed by atoms with Crippen molar-refractivity contribution in [3.05, 3.63) is 29.8 Å². The van der Waals surface area contributed by atoms with Crippen molar-refractivity contribution < 1.29 is 9.47 Å². The Balaban J connectivity index is 2.53. The number of hydrogen-bond donors (Lipinski definition) is 1. The van der Waals surface area contributed by atoms with Crippen LogP contribution in [-0.2, 0) is 4.74 Å². The van der Waals surface area contributed by atoms with Crippen LogP contribution in [-0.4, -0.2) is 27.4 Å². The van der Waals surface area contributed by atoms with E-state index < -0.39 is 0 Å². The lowest BCUT2D eigenvalue weighted by atomic mass is 10.0. The molecular weight excluding hydrogens is 226 g/mol. The van der Waals surface area contributed by atoms with Crippen LogP contribution in [0.25, 0.3) is 0 Å². The molecule has 1 N–H and O–H groups in total. The van der Waals surface area contributed by atoms with Crippen LogP contribution in [0, 0.1) is 0 Å². The third-order valence-corrected chi connectivity index (χ3v) is 3.05. The number of para-hydroxylation sites is 1. The summed E-state index contributed by atoms with van der Waals surface area (Å²) < 4.78 is 10.9. The smallest absolute Gasteiger partial charge is 0.124 e. The number of nitrogens with one attached hydrogen (secondary N) is 1. The molecule has 1 unspecified atom stereocenters. The SMILES string of the molecule is CCC(NC)c1ccccc1OCCCCOC. The fraction of sp³-hybridized carbons (Fsp3) is 0.600. The van der Waals surface area contributed by atoms with Crippen LogP contribution in [0.4, 0.5) is 0 Å². The maximum Gasteiger partial charge on any atom is 0.124 e. The molecule has 1 atom stereocenters. The molecule has 0 bridgehead atoms. The predicted octanol–water partition coefficient (Wildman–Crippen LogP) is 3.16. The van der Waals surface area contributed by atoms with Crippen molar-refractivity contribution in [2.24, 2.45) is 0 Å². The maximum atomic E-state index is 5.87. The number of methoxy groups -OCH3 is 1. The minimum atomic E-state index is 0.361. The monoisotopic (exact) mass is 251 g/mol. The first-order valence-electron chi connectivity index (χ1n) is 6.71.